The summed E-state index contributed by atoms with van der Waals surface area (Å²) in [5.41, 5.74) is 0. The molecule has 0 nitrogen and oxygen atoms in total. The van der Waals surface area contributed by atoms with Gasteiger partial charge < -0.3 is 0 Å². The zero-order chi connectivity index (χ0) is 4.83. The van der Waals surface area contributed by atoms with Gasteiger partial charge in [-0.15, -0.1) is 0 Å². The van der Waals surface area contributed by atoms with Crippen LogP contribution in [0.4, 0.5) is 0 Å². The fourth-order valence-corrected chi connectivity index (χ4v) is 0.381. The molecule has 1 heteroatoms. The summed E-state index contributed by atoms with van der Waals surface area (Å²) >= 11 is 2.41. The van der Waals surface area contributed by atoms with Crippen LogP contribution in [0, 0.1) is 6.92 Å². The van der Waals surface area contributed by atoms with E-state index in [1.165, 1.54) is 0 Å². The van der Waals surface area contributed by atoms with Crippen molar-refractivity contribution in [2.75, 3.05) is 0 Å². The Balaban J connectivity index is 2.94. The van der Waals surface area contributed by atoms with Crippen molar-refractivity contribution in [3.05, 3.63) is 19.1 Å². The Morgan fingerprint density at radius 2 is 2.33 bits per heavy atom. The van der Waals surface area contributed by atoms with Gasteiger partial charge in [0.15, 0.2) is 0 Å². The standard InChI is InChI=1S/C5H7.Ru/c1-3-5-4-2;/h1,3,5H,2,4H2;/q-1;+1/b5-3-;. The molecule has 0 aliphatic heterocycles. The van der Waals surface area contributed by atoms with E-state index in [0.29, 0.717) is 0 Å². The van der Waals surface area contributed by atoms with Crippen LogP contribution in [0.25, 0.3) is 0 Å². The first-order chi connectivity index (χ1) is 2.91. The van der Waals surface area contributed by atoms with E-state index in [0.717, 1.165) is 6.42 Å². The summed E-state index contributed by atoms with van der Waals surface area (Å²) in [6.07, 6.45) is 4.84. The van der Waals surface area contributed by atoms with Gasteiger partial charge in [0.05, 0.1) is 0 Å². The first-order valence-electron chi connectivity index (χ1n) is 1.78. The van der Waals surface area contributed by atoms with Crippen molar-refractivity contribution in [3.8, 4) is 0 Å². The Morgan fingerprint density at radius 3 is 2.50 bits per heavy atom. The maximum atomic E-state index is 3.61. The van der Waals surface area contributed by atoms with Crippen LogP contribution in [0.15, 0.2) is 12.2 Å². The fraction of sp³-hybridized carbons (Fsp3) is 0.200. The molecule has 0 saturated carbocycles. The summed E-state index contributed by atoms with van der Waals surface area (Å²) in [5.74, 6) is 0. The van der Waals surface area contributed by atoms with Gasteiger partial charge in [0.2, 0.25) is 0 Å². The molecule has 0 amide bonds. The molecule has 0 heterocycles. The fourth-order valence-electron chi connectivity index (χ4n) is 0.144. The van der Waals surface area contributed by atoms with Gasteiger partial charge >= 0.3 is 48.0 Å². The molecule has 0 aromatic carbocycles. The molecule has 0 aliphatic carbocycles. The molecule has 0 atom stereocenters. The molecule has 0 aromatic heterocycles. The van der Waals surface area contributed by atoms with Gasteiger partial charge in [-0.3, -0.25) is 0 Å². The summed E-state index contributed by atoms with van der Waals surface area (Å²) < 4.78 is 1.92. The number of hydrogen-bond donors (Lipinski definition) is 0. The Bertz CT molecular complexity index is 55.0. The Morgan fingerprint density at radius 1 is 1.67 bits per heavy atom. The molecule has 0 N–H and O–H groups in total. The topological polar surface area (TPSA) is 0 Å². The van der Waals surface area contributed by atoms with Gasteiger partial charge in [-0.25, -0.2) is 0 Å². The SMILES string of the molecule is [CH2-]C/C=C\[CH]=[Ru+]. The number of allylic oxidation sites excluding steroid dienone is 2. The van der Waals surface area contributed by atoms with Crippen LogP contribution in [0.1, 0.15) is 6.42 Å². The van der Waals surface area contributed by atoms with Crippen molar-refractivity contribution < 1.29 is 17.9 Å². The average molecular weight is 168 g/mol. The average Bonchev–Trinajstić information content (AvgIpc) is 1.61. The van der Waals surface area contributed by atoms with Gasteiger partial charge in [-0.2, -0.15) is 0 Å². The second-order valence-corrected chi connectivity index (χ2v) is 1.41. The van der Waals surface area contributed by atoms with E-state index in [9.17, 15) is 0 Å². The molecule has 0 saturated heterocycles. The maximum absolute atomic E-state index is 3.61. The molecular weight excluding hydrogens is 161 g/mol. The van der Waals surface area contributed by atoms with Crippen LogP contribution in [-0.4, -0.2) is 4.61 Å². The van der Waals surface area contributed by atoms with Crippen molar-refractivity contribution >= 4 is 4.61 Å². The van der Waals surface area contributed by atoms with Crippen LogP contribution in [-0.2, 0) is 17.9 Å². The molecule has 0 radical (unpaired) electrons. The first kappa shape index (κ1) is 6.23. The Hall–Kier alpha value is 0.233. The molecule has 0 aromatic rings. The zero-order valence-electron chi connectivity index (χ0n) is 3.50. The van der Waals surface area contributed by atoms with Gasteiger partial charge in [0, 0.05) is 0 Å². The minimum atomic E-state index is 0.882. The predicted octanol–water partition coefficient (Wildman–Crippen LogP) is 1.12. The van der Waals surface area contributed by atoms with Crippen molar-refractivity contribution in [2.45, 2.75) is 6.42 Å². The monoisotopic (exact) mass is 169 g/mol. The minimum absolute atomic E-state index is 0.882. The summed E-state index contributed by atoms with van der Waals surface area (Å²) in [5, 5.41) is 0. The van der Waals surface area contributed by atoms with E-state index in [1.54, 1.807) is 0 Å². The summed E-state index contributed by atoms with van der Waals surface area (Å²) in [6.45, 7) is 3.61. The Labute approximate surface area is 48.5 Å². The summed E-state index contributed by atoms with van der Waals surface area (Å²) in [7, 11) is 0. The van der Waals surface area contributed by atoms with E-state index in [2.05, 4.69) is 24.8 Å². The van der Waals surface area contributed by atoms with Crippen molar-refractivity contribution in [2.24, 2.45) is 0 Å². The molecule has 0 unspecified atom stereocenters. The van der Waals surface area contributed by atoms with Crippen LogP contribution >= 0.6 is 0 Å². The molecule has 0 aliphatic rings. The number of hydrogen-bond acceptors (Lipinski definition) is 0. The second-order valence-electron chi connectivity index (χ2n) is 0.835. The zero-order valence-corrected chi connectivity index (χ0v) is 5.24. The first-order valence-corrected chi connectivity index (χ1v) is 2.78. The second kappa shape index (κ2) is 5.23. The third-order valence-electron chi connectivity index (χ3n) is 0.371. The third kappa shape index (κ3) is 4.23. The van der Waals surface area contributed by atoms with E-state index < -0.39 is 0 Å². The van der Waals surface area contributed by atoms with Crippen molar-refractivity contribution in [1.29, 1.82) is 0 Å². The van der Waals surface area contributed by atoms with Crippen molar-refractivity contribution in [3.63, 3.8) is 0 Å². The van der Waals surface area contributed by atoms with Crippen molar-refractivity contribution in [1.82, 2.24) is 0 Å². The van der Waals surface area contributed by atoms with Gasteiger partial charge in [-0.05, 0) is 0 Å². The number of rotatable bonds is 2. The summed E-state index contributed by atoms with van der Waals surface area (Å²) in [6, 6.07) is 0. The quantitative estimate of drug-likeness (QED) is 0.428. The molecule has 0 bridgehead atoms. The van der Waals surface area contributed by atoms with Gasteiger partial charge in [-0.1, -0.05) is 0 Å². The predicted molar refractivity (Wildman–Crippen MR) is 25.2 cm³/mol. The van der Waals surface area contributed by atoms with E-state index in [4.69, 9.17) is 0 Å². The van der Waals surface area contributed by atoms with Gasteiger partial charge in [0.1, 0.15) is 0 Å². The van der Waals surface area contributed by atoms with Crippen LogP contribution < -0.4 is 0 Å². The van der Waals surface area contributed by atoms with Crippen LogP contribution in [0.3, 0.4) is 0 Å². The Kier molecular flexibility index (Phi) is 5.44. The molecular formula is C5H7Ru. The normalized spacial score (nSPS) is 9.50. The molecule has 0 rings (SSSR count). The summed E-state index contributed by atoms with van der Waals surface area (Å²) in [4.78, 5) is 0. The van der Waals surface area contributed by atoms with Crippen LogP contribution in [0.2, 0.25) is 0 Å². The van der Waals surface area contributed by atoms with Gasteiger partial charge in [0.25, 0.3) is 0 Å². The molecule has 0 spiro atoms. The molecule has 35 valence electrons. The van der Waals surface area contributed by atoms with E-state index >= 15 is 0 Å². The molecule has 6 heavy (non-hydrogen) atoms. The molecule has 0 fully saturated rings. The van der Waals surface area contributed by atoms with E-state index in [-0.39, 0.29) is 0 Å². The third-order valence-corrected chi connectivity index (χ3v) is 0.705. The van der Waals surface area contributed by atoms with Crippen LogP contribution in [0.5, 0.6) is 0 Å². The van der Waals surface area contributed by atoms with E-state index in [1.807, 2.05) is 16.8 Å².